The molecule has 1 aliphatic heterocycles. The van der Waals surface area contributed by atoms with E-state index in [1.807, 2.05) is 0 Å². The van der Waals surface area contributed by atoms with Gasteiger partial charge < -0.3 is 9.47 Å². The first-order valence-corrected chi connectivity index (χ1v) is 7.21. The summed E-state index contributed by atoms with van der Waals surface area (Å²) in [6.07, 6.45) is -0.559. The first-order chi connectivity index (χ1) is 10.5. The predicted molar refractivity (Wildman–Crippen MR) is 82.9 cm³/mol. The summed E-state index contributed by atoms with van der Waals surface area (Å²) in [7, 11) is 0. The number of benzene rings is 1. The number of ether oxygens (including phenoxy) is 2. The van der Waals surface area contributed by atoms with Gasteiger partial charge in [-0.2, -0.15) is 12.6 Å². The van der Waals surface area contributed by atoms with Crippen LogP contribution in [0.5, 0.6) is 0 Å². The van der Waals surface area contributed by atoms with Gasteiger partial charge in [0.2, 0.25) is 11.8 Å². The maximum absolute atomic E-state index is 11.9. The standard InChI is InChI=1S/C14H16N2O5S/c1-2-20-8-21-14(19)15-9-3-5-10(6-4-9)16-12(17)7-11(22)13(16)18/h3-6,11,22H,2,7-8H2,1H3,(H,15,19). The van der Waals surface area contributed by atoms with Crippen LogP contribution < -0.4 is 10.2 Å². The van der Waals surface area contributed by atoms with Crippen molar-refractivity contribution < 1.29 is 23.9 Å². The molecule has 1 aromatic carbocycles. The molecule has 1 heterocycles. The number of thiol groups is 1. The SMILES string of the molecule is CCOCOC(=O)Nc1ccc(N2C(=O)CC(S)C2=O)cc1. The summed E-state index contributed by atoms with van der Waals surface area (Å²) in [6, 6.07) is 6.28. The second-order valence-electron chi connectivity index (χ2n) is 4.50. The second-order valence-corrected chi connectivity index (χ2v) is 5.12. The molecule has 118 valence electrons. The molecule has 0 aliphatic carbocycles. The van der Waals surface area contributed by atoms with Crippen LogP contribution in [-0.2, 0) is 19.1 Å². The van der Waals surface area contributed by atoms with Crippen LogP contribution in [0.3, 0.4) is 0 Å². The van der Waals surface area contributed by atoms with Crippen LogP contribution in [0.15, 0.2) is 24.3 Å². The van der Waals surface area contributed by atoms with Crippen molar-refractivity contribution in [1.82, 2.24) is 0 Å². The number of anilines is 2. The van der Waals surface area contributed by atoms with Gasteiger partial charge in [-0.05, 0) is 31.2 Å². The average Bonchev–Trinajstić information content (AvgIpc) is 2.74. The third-order valence-corrected chi connectivity index (χ3v) is 3.38. The molecule has 1 atom stereocenters. The quantitative estimate of drug-likeness (QED) is 0.373. The van der Waals surface area contributed by atoms with Gasteiger partial charge in [-0.15, -0.1) is 0 Å². The van der Waals surface area contributed by atoms with E-state index < -0.39 is 11.3 Å². The molecule has 1 aromatic rings. The van der Waals surface area contributed by atoms with E-state index in [1.54, 1.807) is 31.2 Å². The van der Waals surface area contributed by atoms with E-state index in [0.29, 0.717) is 18.0 Å². The molecule has 1 saturated heterocycles. The first kappa shape index (κ1) is 16.3. The van der Waals surface area contributed by atoms with Crippen LogP contribution in [0.1, 0.15) is 13.3 Å². The summed E-state index contributed by atoms with van der Waals surface area (Å²) in [5.74, 6) is -0.632. The number of amides is 3. The molecule has 2 rings (SSSR count). The Balaban J connectivity index is 1.97. The van der Waals surface area contributed by atoms with Crippen LogP contribution in [0.2, 0.25) is 0 Å². The molecule has 1 fully saturated rings. The van der Waals surface area contributed by atoms with Gasteiger partial charge in [0, 0.05) is 18.7 Å². The number of carbonyl (C=O) groups excluding carboxylic acids is 3. The predicted octanol–water partition coefficient (Wildman–Crippen LogP) is 1.79. The number of hydrogen-bond donors (Lipinski definition) is 2. The highest BCUT2D eigenvalue weighted by Crippen LogP contribution is 2.26. The van der Waals surface area contributed by atoms with Crippen molar-refractivity contribution >= 4 is 41.9 Å². The van der Waals surface area contributed by atoms with Crippen LogP contribution in [0.4, 0.5) is 16.2 Å². The molecule has 0 saturated carbocycles. The zero-order chi connectivity index (χ0) is 16.1. The Morgan fingerprint density at radius 2 is 2.05 bits per heavy atom. The summed E-state index contributed by atoms with van der Waals surface area (Å²) in [6.45, 7) is 2.11. The Kier molecular flexibility index (Phi) is 5.40. The van der Waals surface area contributed by atoms with E-state index in [1.165, 1.54) is 0 Å². The molecule has 0 radical (unpaired) electrons. The van der Waals surface area contributed by atoms with Gasteiger partial charge >= 0.3 is 6.09 Å². The molecule has 0 aromatic heterocycles. The van der Waals surface area contributed by atoms with Crippen LogP contribution in [-0.4, -0.2) is 36.6 Å². The van der Waals surface area contributed by atoms with Crippen molar-refractivity contribution in [1.29, 1.82) is 0 Å². The van der Waals surface area contributed by atoms with E-state index in [9.17, 15) is 14.4 Å². The lowest BCUT2D eigenvalue weighted by Gasteiger charge is -2.14. The fraction of sp³-hybridized carbons (Fsp3) is 0.357. The molecule has 1 aliphatic rings. The summed E-state index contributed by atoms with van der Waals surface area (Å²) in [5.41, 5.74) is 0.923. The molecule has 0 bridgehead atoms. The van der Waals surface area contributed by atoms with E-state index >= 15 is 0 Å². The highest BCUT2D eigenvalue weighted by molar-refractivity contribution is 7.82. The summed E-state index contributed by atoms with van der Waals surface area (Å²) >= 11 is 4.06. The molecule has 8 heteroatoms. The Labute approximate surface area is 133 Å². The van der Waals surface area contributed by atoms with Crippen LogP contribution in [0.25, 0.3) is 0 Å². The number of carbonyl (C=O) groups is 3. The van der Waals surface area contributed by atoms with Gasteiger partial charge in [-0.3, -0.25) is 14.9 Å². The largest absolute Gasteiger partial charge is 0.422 e. The molecule has 3 amide bonds. The summed E-state index contributed by atoms with van der Waals surface area (Å²) < 4.78 is 9.65. The van der Waals surface area contributed by atoms with E-state index in [0.717, 1.165) is 4.90 Å². The van der Waals surface area contributed by atoms with Crippen LogP contribution >= 0.6 is 12.6 Å². The molecular weight excluding hydrogens is 308 g/mol. The van der Waals surface area contributed by atoms with Crippen molar-refractivity contribution in [2.45, 2.75) is 18.6 Å². The monoisotopic (exact) mass is 324 g/mol. The highest BCUT2D eigenvalue weighted by atomic mass is 32.1. The number of rotatable bonds is 5. The lowest BCUT2D eigenvalue weighted by atomic mass is 10.2. The van der Waals surface area contributed by atoms with Crippen molar-refractivity contribution in [3.63, 3.8) is 0 Å². The Hall–Kier alpha value is -2.06. The minimum absolute atomic E-state index is 0.0890. The van der Waals surface area contributed by atoms with Crippen molar-refractivity contribution in [2.75, 3.05) is 23.6 Å². The van der Waals surface area contributed by atoms with Crippen molar-refractivity contribution in [2.24, 2.45) is 0 Å². The highest BCUT2D eigenvalue weighted by Gasteiger charge is 2.37. The zero-order valence-electron chi connectivity index (χ0n) is 11.9. The average molecular weight is 324 g/mol. The molecule has 0 spiro atoms. The fourth-order valence-electron chi connectivity index (χ4n) is 1.91. The van der Waals surface area contributed by atoms with Crippen molar-refractivity contribution in [3.8, 4) is 0 Å². The van der Waals surface area contributed by atoms with Crippen molar-refractivity contribution in [3.05, 3.63) is 24.3 Å². The van der Waals surface area contributed by atoms with Gasteiger partial charge in [-0.1, -0.05) is 0 Å². The van der Waals surface area contributed by atoms with E-state index in [4.69, 9.17) is 9.47 Å². The number of nitrogens with zero attached hydrogens (tertiary/aromatic N) is 1. The third kappa shape index (κ3) is 3.77. The maximum atomic E-state index is 11.9. The van der Waals surface area contributed by atoms with Gasteiger partial charge in [0.1, 0.15) is 0 Å². The molecule has 1 unspecified atom stereocenters. The minimum atomic E-state index is -0.648. The third-order valence-electron chi connectivity index (χ3n) is 2.97. The fourth-order valence-corrected chi connectivity index (χ4v) is 2.19. The first-order valence-electron chi connectivity index (χ1n) is 6.69. The number of imide groups is 1. The van der Waals surface area contributed by atoms with E-state index in [2.05, 4.69) is 17.9 Å². The van der Waals surface area contributed by atoms with Gasteiger partial charge in [0.25, 0.3) is 0 Å². The Bertz CT molecular complexity index is 575. The van der Waals surface area contributed by atoms with E-state index in [-0.39, 0.29) is 25.0 Å². The summed E-state index contributed by atoms with van der Waals surface area (Å²) in [5, 5.41) is 1.91. The lowest BCUT2D eigenvalue weighted by molar-refractivity contribution is -0.121. The number of nitrogens with one attached hydrogen (secondary N) is 1. The summed E-state index contributed by atoms with van der Waals surface area (Å²) in [4.78, 5) is 36.1. The van der Waals surface area contributed by atoms with Gasteiger partial charge in [0.15, 0.2) is 6.79 Å². The molecule has 1 N–H and O–H groups in total. The molecular formula is C14H16N2O5S. The number of hydrogen-bond acceptors (Lipinski definition) is 6. The normalized spacial score (nSPS) is 17.7. The van der Waals surface area contributed by atoms with Gasteiger partial charge in [-0.25, -0.2) is 9.69 Å². The van der Waals surface area contributed by atoms with Gasteiger partial charge in [0.05, 0.1) is 10.9 Å². The minimum Gasteiger partial charge on any atom is -0.422 e. The topological polar surface area (TPSA) is 84.9 Å². The lowest BCUT2D eigenvalue weighted by Crippen LogP contribution is -2.30. The van der Waals surface area contributed by atoms with Crippen LogP contribution in [0, 0.1) is 0 Å². The molecule has 22 heavy (non-hydrogen) atoms. The maximum Gasteiger partial charge on any atom is 0.413 e. The molecule has 7 nitrogen and oxygen atoms in total. The Morgan fingerprint density at radius 3 is 2.59 bits per heavy atom. The zero-order valence-corrected chi connectivity index (χ0v) is 12.8. The second kappa shape index (κ2) is 7.28. The Morgan fingerprint density at radius 1 is 1.36 bits per heavy atom. The smallest absolute Gasteiger partial charge is 0.413 e.